The van der Waals surface area contributed by atoms with Crippen LogP contribution in [0.15, 0.2) is 0 Å². The molecule has 0 bridgehead atoms. The van der Waals surface area contributed by atoms with E-state index in [1.807, 2.05) is 0 Å². The first-order chi connectivity index (χ1) is 7.38. The van der Waals surface area contributed by atoms with Crippen LogP contribution in [0.1, 0.15) is 58.3 Å². The molecule has 2 heteroatoms. The van der Waals surface area contributed by atoms with Crippen molar-refractivity contribution in [3.63, 3.8) is 0 Å². The summed E-state index contributed by atoms with van der Waals surface area (Å²) in [6.45, 7) is 4.80. The molecule has 0 amide bonds. The van der Waals surface area contributed by atoms with Gasteiger partial charge < -0.3 is 4.90 Å². The van der Waals surface area contributed by atoms with Crippen LogP contribution in [0.3, 0.4) is 0 Å². The quantitative estimate of drug-likeness (QED) is 0.648. The molecule has 86 valence electrons. The highest BCUT2D eigenvalue weighted by Gasteiger charge is 2.18. The van der Waals surface area contributed by atoms with Gasteiger partial charge in [0.05, 0.1) is 6.07 Å². The van der Waals surface area contributed by atoms with Gasteiger partial charge >= 0.3 is 0 Å². The highest BCUT2D eigenvalue weighted by molar-refractivity contribution is 4.75. The second-order valence-electron chi connectivity index (χ2n) is 4.56. The zero-order valence-electron chi connectivity index (χ0n) is 10.0. The second kappa shape index (κ2) is 7.70. The molecule has 0 N–H and O–H groups in total. The Morgan fingerprint density at radius 2 is 2.13 bits per heavy atom. The first-order valence-corrected chi connectivity index (χ1v) is 6.49. The molecule has 0 radical (unpaired) electrons. The maximum absolute atomic E-state index is 8.48. The Morgan fingerprint density at radius 3 is 2.87 bits per heavy atom. The molecule has 1 atom stereocenters. The molecule has 1 aliphatic heterocycles. The number of likely N-dealkylation sites (tertiary alicyclic amines) is 1. The van der Waals surface area contributed by atoms with Gasteiger partial charge in [-0.1, -0.05) is 19.8 Å². The number of nitriles is 1. The van der Waals surface area contributed by atoms with Gasteiger partial charge in [-0.25, -0.2) is 0 Å². The SMILES string of the molecule is CC[C@@H]1CCCCCN1CCCCC#N. The first-order valence-electron chi connectivity index (χ1n) is 6.49. The predicted molar refractivity (Wildman–Crippen MR) is 63.6 cm³/mol. The number of nitrogens with zero attached hydrogens (tertiary/aromatic N) is 2. The van der Waals surface area contributed by atoms with Crippen molar-refractivity contribution < 1.29 is 0 Å². The number of unbranched alkanes of at least 4 members (excludes halogenated alkanes) is 2. The summed E-state index contributed by atoms with van der Waals surface area (Å²) in [5.74, 6) is 0. The third-order valence-corrected chi connectivity index (χ3v) is 3.45. The van der Waals surface area contributed by atoms with Crippen LogP contribution in [0.2, 0.25) is 0 Å². The Hall–Kier alpha value is -0.550. The van der Waals surface area contributed by atoms with Crippen LogP contribution >= 0.6 is 0 Å². The van der Waals surface area contributed by atoms with E-state index < -0.39 is 0 Å². The summed E-state index contributed by atoms with van der Waals surface area (Å²) in [5, 5.41) is 8.48. The lowest BCUT2D eigenvalue weighted by Crippen LogP contribution is -2.35. The van der Waals surface area contributed by atoms with Crippen molar-refractivity contribution in [1.82, 2.24) is 4.90 Å². The van der Waals surface area contributed by atoms with Crippen LogP contribution in [-0.4, -0.2) is 24.0 Å². The van der Waals surface area contributed by atoms with Crippen molar-refractivity contribution in [2.24, 2.45) is 0 Å². The molecule has 0 aromatic carbocycles. The van der Waals surface area contributed by atoms with E-state index in [4.69, 9.17) is 5.26 Å². The average Bonchev–Trinajstić information content (AvgIpc) is 2.49. The first kappa shape index (κ1) is 12.5. The van der Waals surface area contributed by atoms with E-state index in [2.05, 4.69) is 17.9 Å². The monoisotopic (exact) mass is 208 g/mol. The third-order valence-electron chi connectivity index (χ3n) is 3.45. The molecule has 0 aromatic heterocycles. The van der Waals surface area contributed by atoms with Crippen molar-refractivity contribution in [2.75, 3.05) is 13.1 Å². The fraction of sp³-hybridized carbons (Fsp3) is 0.923. The van der Waals surface area contributed by atoms with Crippen molar-refractivity contribution in [3.8, 4) is 6.07 Å². The Balaban J connectivity index is 2.25. The minimum absolute atomic E-state index is 0.727. The van der Waals surface area contributed by atoms with Gasteiger partial charge in [0, 0.05) is 12.5 Å². The summed E-state index contributed by atoms with van der Waals surface area (Å²) < 4.78 is 0. The summed E-state index contributed by atoms with van der Waals surface area (Å²) in [7, 11) is 0. The van der Waals surface area contributed by atoms with Gasteiger partial charge in [-0.2, -0.15) is 5.26 Å². The second-order valence-corrected chi connectivity index (χ2v) is 4.56. The van der Waals surface area contributed by atoms with Gasteiger partial charge in [-0.3, -0.25) is 0 Å². The average molecular weight is 208 g/mol. The van der Waals surface area contributed by atoms with Gasteiger partial charge in [0.15, 0.2) is 0 Å². The summed E-state index contributed by atoms with van der Waals surface area (Å²) in [6, 6.07) is 3.04. The van der Waals surface area contributed by atoms with Crippen LogP contribution in [-0.2, 0) is 0 Å². The van der Waals surface area contributed by atoms with Gasteiger partial charge in [0.1, 0.15) is 0 Å². The van der Waals surface area contributed by atoms with Crippen LogP contribution in [0.5, 0.6) is 0 Å². The van der Waals surface area contributed by atoms with E-state index in [0.29, 0.717) is 0 Å². The predicted octanol–water partition coefficient (Wildman–Crippen LogP) is 3.33. The van der Waals surface area contributed by atoms with E-state index in [1.54, 1.807) is 0 Å². The maximum Gasteiger partial charge on any atom is 0.0621 e. The molecule has 1 heterocycles. The van der Waals surface area contributed by atoms with Crippen LogP contribution in [0.25, 0.3) is 0 Å². The summed E-state index contributed by atoms with van der Waals surface area (Å²) in [5.41, 5.74) is 0. The minimum Gasteiger partial charge on any atom is -0.300 e. The van der Waals surface area contributed by atoms with Gasteiger partial charge in [0.25, 0.3) is 0 Å². The highest BCUT2D eigenvalue weighted by Crippen LogP contribution is 2.19. The number of hydrogen-bond donors (Lipinski definition) is 0. The fourth-order valence-corrected chi connectivity index (χ4v) is 2.51. The lowest BCUT2D eigenvalue weighted by molar-refractivity contribution is 0.191. The molecular weight excluding hydrogens is 184 g/mol. The van der Waals surface area contributed by atoms with E-state index in [9.17, 15) is 0 Å². The summed E-state index contributed by atoms with van der Waals surface area (Å²) in [4.78, 5) is 2.66. The van der Waals surface area contributed by atoms with Crippen LogP contribution < -0.4 is 0 Å². The molecule has 0 aromatic rings. The molecule has 0 unspecified atom stereocenters. The van der Waals surface area contributed by atoms with Gasteiger partial charge in [-0.15, -0.1) is 0 Å². The fourth-order valence-electron chi connectivity index (χ4n) is 2.51. The van der Waals surface area contributed by atoms with Crippen molar-refractivity contribution in [3.05, 3.63) is 0 Å². The molecule has 1 aliphatic rings. The largest absolute Gasteiger partial charge is 0.300 e. The van der Waals surface area contributed by atoms with Crippen LogP contribution in [0.4, 0.5) is 0 Å². The molecule has 1 saturated heterocycles. The van der Waals surface area contributed by atoms with Gasteiger partial charge in [0.2, 0.25) is 0 Å². The minimum atomic E-state index is 0.727. The lowest BCUT2D eigenvalue weighted by Gasteiger charge is -2.28. The van der Waals surface area contributed by atoms with E-state index in [1.165, 1.54) is 51.6 Å². The molecule has 0 saturated carbocycles. The maximum atomic E-state index is 8.48. The molecule has 15 heavy (non-hydrogen) atoms. The lowest BCUT2D eigenvalue weighted by atomic mass is 10.1. The third kappa shape index (κ3) is 4.66. The Kier molecular flexibility index (Phi) is 6.43. The van der Waals surface area contributed by atoms with E-state index in [0.717, 1.165) is 18.9 Å². The topological polar surface area (TPSA) is 27.0 Å². The van der Waals surface area contributed by atoms with Gasteiger partial charge in [-0.05, 0) is 45.2 Å². The molecule has 0 aliphatic carbocycles. The number of rotatable bonds is 5. The Morgan fingerprint density at radius 1 is 1.27 bits per heavy atom. The number of hydrogen-bond acceptors (Lipinski definition) is 2. The zero-order valence-corrected chi connectivity index (χ0v) is 10.0. The normalized spacial score (nSPS) is 23.3. The van der Waals surface area contributed by atoms with Crippen molar-refractivity contribution in [2.45, 2.75) is 64.3 Å². The van der Waals surface area contributed by atoms with E-state index >= 15 is 0 Å². The van der Waals surface area contributed by atoms with Crippen LogP contribution in [0, 0.1) is 11.3 Å². The Bertz CT molecular complexity index is 195. The molecule has 1 rings (SSSR count). The Labute approximate surface area is 94.3 Å². The molecular formula is C13H24N2. The standard InChI is InChI=1S/C13H24N2/c1-2-13-9-5-3-7-11-15(13)12-8-4-6-10-14/h13H,2-9,11-12H2,1H3/t13-/m1/s1. The molecule has 1 fully saturated rings. The highest BCUT2D eigenvalue weighted by atomic mass is 15.1. The molecule has 0 spiro atoms. The summed E-state index contributed by atoms with van der Waals surface area (Å²) >= 11 is 0. The summed E-state index contributed by atoms with van der Waals surface area (Å²) in [6.07, 6.45) is 9.86. The smallest absolute Gasteiger partial charge is 0.0621 e. The zero-order chi connectivity index (χ0) is 10.9. The van der Waals surface area contributed by atoms with Crippen molar-refractivity contribution in [1.29, 1.82) is 5.26 Å². The molecule has 2 nitrogen and oxygen atoms in total. The van der Waals surface area contributed by atoms with Crippen molar-refractivity contribution >= 4 is 0 Å². The van der Waals surface area contributed by atoms with E-state index in [-0.39, 0.29) is 0 Å².